The van der Waals surface area contributed by atoms with Gasteiger partial charge in [0.05, 0.1) is 28.4 Å². The van der Waals surface area contributed by atoms with Crippen LogP contribution in [-0.4, -0.2) is 95.1 Å². The molecule has 0 aliphatic carbocycles. The molecule has 0 aliphatic heterocycles. The number of anilines is 2. The Kier molecular flexibility index (Phi) is 14.2. The summed E-state index contributed by atoms with van der Waals surface area (Å²) in [6, 6.07) is 45.3. The van der Waals surface area contributed by atoms with Crippen LogP contribution in [0, 0.1) is 13.8 Å². The molecule has 2 unspecified atom stereocenters. The van der Waals surface area contributed by atoms with E-state index >= 15 is 0 Å². The summed E-state index contributed by atoms with van der Waals surface area (Å²) in [5, 5.41) is 33.5. The molecule has 2 N–H and O–H groups in total. The van der Waals surface area contributed by atoms with Gasteiger partial charge in [0.1, 0.15) is 11.5 Å². The molecule has 8 aromatic rings. The molecule has 0 amide bonds. The van der Waals surface area contributed by atoms with Crippen molar-refractivity contribution in [2.24, 2.45) is 0 Å². The van der Waals surface area contributed by atoms with Crippen LogP contribution in [0.1, 0.15) is 57.1 Å². The average molecular weight is 987 g/mol. The second-order valence-electron chi connectivity index (χ2n) is 14.9. The minimum atomic E-state index is -0.303. The number of rotatable bonds is 19. The Morgan fingerprint density at radius 1 is 0.484 bits per heavy atom. The van der Waals surface area contributed by atoms with Gasteiger partial charge in [-0.1, -0.05) is 0 Å². The molecule has 8 rings (SSSR count). The van der Waals surface area contributed by atoms with Crippen LogP contribution >= 0.6 is 0 Å². The predicted molar refractivity (Wildman–Crippen MR) is 250 cm³/mol. The predicted octanol–water partition coefficient (Wildman–Crippen LogP) is 6.08. The van der Waals surface area contributed by atoms with E-state index in [0.29, 0.717) is 36.2 Å². The minimum Gasteiger partial charge on any atom is 0.0775 e. The normalized spacial score (nSPS) is 12.0. The van der Waals surface area contributed by atoms with Crippen molar-refractivity contribution in [2.45, 2.75) is 39.0 Å². The van der Waals surface area contributed by atoms with Crippen molar-refractivity contribution >= 4 is 46.6 Å². The van der Waals surface area contributed by atoms with E-state index in [0.717, 1.165) is 45.1 Å². The summed E-state index contributed by atoms with van der Waals surface area (Å²) >= 11 is 0.542. The third-order valence-corrected chi connectivity index (χ3v) is 17.9. The number of ether oxygens (including phenoxy) is 4. The van der Waals surface area contributed by atoms with Gasteiger partial charge in [0.2, 0.25) is 0 Å². The van der Waals surface area contributed by atoms with Crippen LogP contribution in [0.15, 0.2) is 133 Å². The first-order valence-corrected chi connectivity index (χ1v) is 26.5. The fourth-order valence-electron chi connectivity index (χ4n) is 7.10. The number of hydrogen-bond donors (Lipinski definition) is 2. The molecule has 14 nitrogen and oxygen atoms in total. The summed E-state index contributed by atoms with van der Waals surface area (Å²) in [4.78, 5) is 0. The van der Waals surface area contributed by atoms with E-state index in [9.17, 15) is 0 Å². The number of nitrogens with one attached hydrogen (secondary N) is 2. The van der Waals surface area contributed by atoms with Gasteiger partial charge in [-0.25, -0.2) is 0 Å². The molecule has 326 valence electrons. The summed E-state index contributed by atoms with van der Waals surface area (Å²) in [6.45, 7) is 5.02. The smallest absolute Gasteiger partial charge is 0.0775 e. The second-order valence-corrected chi connectivity index (χ2v) is 21.2. The van der Waals surface area contributed by atoms with Crippen molar-refractivity contribution in [3.05, 3.63) is 178 Å². The second kappa shape index (κ2) is 20.7. The van der Waals surface area contributed by atoms with E-state index in [1.54, 1.807) is 28.4 Å². The molecule has 64 heavy (non-hydrogen) atoms. The summed E-state index contributed by atoms with van der Waals surface area (Å²) < 4.78 is 28.5. The number of benzene rings is 6. The Bertz CT molecular complexity index is 2570. The fraction of sp³-hybridized carbons (Fsp3) is 0.208. The van der Waals surface area contributed by atoms with Gasteiger partial charge in [0.15, 0.2) is 0 Å². The van der Waals surface area contributed by atoms with E-state index in [1.165, 1.54) is 20.1 Å². The molecule has 0 bridgehead atoms. The zero-order chi connectivity index (χ0) is 44.4. The van der Waals surface area contributed by atoms with Crippen molar-refractivity contribution in [3.63, 3.8) is 0 Å². The van der Waals surface area contributed by atoms with Crippen molar-refractivity contribution in [2.75, 3.05) is 39.1 Å². The third-order valence-electron chi connectivity index (χ3n) is 10.7. The monoisotopic (exact) mass is 988 g/mol. The van der Waals surface area contributed by atoms with Crippen molar-refractivity contribution in [1.29, 1.82) is 0 Å². The molecule has 0 spiro atoms. The maximum absolute atomic E-state index is 5.68. The zero-order valence-electron chi connectivity index (χ0n) is 36.3. The molecule has 2 heterocycles. The Morgan fingerprint density at radius 3 is 1.23 bits per heavy atom. The molecular weight excluding hydrogens is 939 g/mol. The van der Waals surface area contributed by atoms with Crippen molar-refractivity contribution < 1.29 is 18.9 Å². The van der Waals surface area contributed by atoms with Gasteiger partial charge in [-0.05, 0) is 0 Å². The first kappa shape index (κ1) is 43.9. The zero-order valence-corrected chi connectivity index (χ0v) is 39.7. The minimum absolute atomic E-state index is 0.271. The van der Waals surface area contributed by atoms with E-state index in [1.807, 2.05) is 45.8 Å². The first-order valence-electron chi connectivity index (χ1n) is 20.5. The third kappa shape index (κ3) is 10.6. The standard InChI is InChI=1S/C48H48N10O4Se2/c1-31-7-11-33(12-8-31)45(47-51-53-55-57(47)29-35-15-21-39(59-3)27-43(35)61-5)49-37-17-23-41(24-18-37)63-64-42-25-19-38(20-26-42)50-46(34-13-9-32(2)10-14-34)48-52-54-56-58(48)30-36-16-22-40(60-4)28-44(36)62-6/h7-28,45-46,49-50H,29-30H2,1-6H3. The van der Waals surface area contributed by atoms with Crippen LogP contribution in [0.2, 0.25) is 0 Å². The molecule has 0 fully saturated rings. The first-order chi connectivity index (χ1) is 31.3. The summed E-state index contributed by atoms with van der Waals surface area (Å²) in [7, 11) is 6.58. The van der Waals surface area contributed by atoms with Gasteiger partial charge >= 0.3 is 336 Å². The Labute approximate surface area is 383 Å². The number of nitrogens with zero attached hydrogens (tertiary/aromatic N) is 8. The molecule has 0 saturated heterocycles. The Hall–Kier alpha value is -6.70. The van der Waals surface area contributed by atoms with Gasteiger partial charge in [-0.3, -0.25) is 0 Å². The van der Waals surface area contributed by atoms with Gasteiger partial charge < -0.3 is 9.47 Å². The quantitative estimate of drug-likeness (QED) is 0.0905. The van der Waals surface area contributed by atoms with Crippen LogP contribution in [0.25, 0.3) is 0 Å². The van der Waals surface area contributed by atoms with Crippen LogP contribution in [0.3, 0.4) is 0 Å². The van der Waals surface area contributed by atoms with Gasteiger partial charge in [-0.2, -0.15) is 0 Å². The number of tetrazole rings is 2. The fourth-order valence-corrected chi connectivity index (χ4v) is 13.1. The summed E-state index contributed by atoms with van der Waals surface area (Å²) in [5.74, 6) is 4.23. The molecule has 0 saturated carbocycles. The number of methoxy groups -OCH3 is 4. The van der Waals surface area contributed by atoms with E-state index in [4.69, 9.17) is 18.9 Å². The Morgan fingerprint density at radius 2 is 0.875 bits per heavy atom. The van der Waals surface area contributed by atoms with Gasteiger partial charge in [0.25, 0.3) is 0 Å². The van der Waals surface area contributed by atoms with E-state index in [-0.39, 0.29) is 38.3 Å². The molecule has 2 aromatic heterocycles. The SMILES string of the molecule is COc1ccc(Cn2nnnc2C(Nc2ccc([Se][Se]c3ccc(NC(c4ccc(C)cc4)c4nnnn4Cc4ccc(OC)cc4OC)cc3)cc2)c2ccc(C)cc2)c(OC)c1. The van der Waals surface area contributed by atoms with Gasteiger partial charge in [0, 0.05) is 0 Å². The molecule has 0 aliphatic rings. The topological polar surface area (TPSA) is 148 Å². The van der Waals surface area contributed by atoms with Crippen LogP contribution in [0.5, 0.6) is 23.0 Å². The summed E-state index contributed by atoms with van der Waals surface area (Å²) in [5.41, 5.74) is 8.28. The van der Waals surface area contributed by atoms with Crippen LogP contribution < -0.4 is 38.5 Å². The Balaban J connectivity index is 0.946. The molecule has 0 radical (unpaired) electrons. The number of hydrogen-bond acceptors (Lipinski definition) is 12. The molecule has 6 aromatic carbocycles. The van der Waals surface area contributed by atoms with E-state index in [2.05, 4.69) is 153 Å². The van der Waals surface area contributed by atoms with Crippen molar-refractivity contribution in [1.82, 2.24) is 40.4 Å². The van der Waals surface area contributed by atoms with Crippen molar-refractivity contribution in [3.8, 4) is 23.0 Å². The molecule has 2 atom stereocenters. The van der Waals surface area contributed by atoms with Gasteiger partial charge in [-0.15, -0.1) is 0 Å². The maximum atomic E-state index is 5.68. The van der Waals surface area contributed by atoms with Crippen LogP contribution in [-0.2, 0) is 13.1 Å². The van der Waals surface area contributed by atoms with Crippen LogP contribution in [0.4, 0.5) is 11.4 Å². The number of aromatic nitrogens is 8. The molecular formula is C48H48N10O4Se2. The average Bonchev–Trinajstić information content (AvgIpc) is 4.00. The number of aryl methyl sites for hydroxylation is 2. The molecule has 16 heteroatoms. The van der Waals surface area contributed by atoms with E-state index < -0.39 is 0 Å². The summed E-state index contributed by atoms with van der Waals surface area (Å²) in [6.07, 6.45) is 0.